The van der Waals surface area contributed by atoms with Gasteiger partial charge in [-0.1, -0.05) is 12.1 Å². The van der Waals surface area contributed by atoms with Crippen molar-refractivity contribution in [2.24, 2.45) is 0 Å². The van der Waals surface area contributed by atoms with Gasteiger partial charge in [0.1, 0.15) is 17.1 Å². The van der Waals surface area contributed by atoms with Gasteiger partial charge in [-0.2, -0.15) is 5.10 Å². The van der Waals surface area contributed by atoms with Crippen molar-refractivity contribution in [2.75, 3.05) is 34.5 Å². The van der Waals surface area contributed by atoms with Gasteiger partial charge in [-0.25, -0.2) is 0 Å². The number of phenols is 1. The molecule has 9 heteroatoms. The quantitative estimate of drug-likeness (QED) is 0.419. The van der Waals surface area contributed by atoms with Crippen LogP contribution in [0.5, 0.6) is 23.0 Å². The second kappa shape index (κ2) is 10.3. The fraction of sp³-hybridized carbons (Fsp3) is 0.385. The van der Waals surface area contributed by atoms with Gasteiger partial charge in [0.25, 0.3) is 5.91 Å². The summed E-state index contributed by atoms with van der Waals surface area (Å²) in [5, 5.41) is 17.9. The number of para-hydroxylation sites is 1. The molecule has 1 aliphatic rings. The summed E-state index contributed by atoms with van der Waals surface area (Å²) in [6, 6.07) is 10.1. The number of hydrogen-bond donors (Lipinski definition) is 2. The van der Waals surface area contributed by atoms with Crippen LogP contribution in [0.3, 0.4) is 0 Å². The topological polar surface area (TPSA) is 106 Å². The lowest BCUT2D eigenvalue weighted by Gasteiger charge is -2.27. The molecule has 3 aromatic rings. The number of amides is 1. The number of nitrogens with one attached hydrogen (secondary N) is 1. The van der Waals surface area contributed by atoms with Crippen LogP contribution >= 0.6 is 0 Å². The summed E-state index contributed by atoms with van der Waals surface area (Å²) in [6.45, 7) is 4.96. The van der Waals surface area contributed by atoms with E-state index in [1.54, 1.807) is 44.4 Å². The minimum atomic E-state index is -0.487. The third-order valence-electron chi connectivity index (χ3n) is 6.02. The predicted molar refractivity (Wildman–Crippen MR) is 130 cm³/mol. The SMILES string of the molecule is COc1cc(C2c3c(-c4ccccc4O)n[nH]c3C(=O)N2CCCOC(C)C)cc(OC)c1OC. The number of methoxy groups -OCH3 is 3. The number of H-pyrrole nitrogens is 1. The second-order valence-corrected chi connectivity index (χ2v) is 8.51. The van der Waals surface area contributed by atoms with Crippen molar-refractivity contribution in [3.63, 3.8) is 0 Å². The van der Waals surface area contributed by atoms with E-state index in [0.717, 1.165) is 5.56 Å². The lowest BCUT2D eigenvalue weighted by molar-refractivity contribution is 0.0601. The summed E-state index contributed by atoms with van der Waals surface area (Å²) in [7, 11) is 4.65. The third kappa shape index (κ3) is 4.51. The summed E-state index contributed by atoms with van der Waals surface area (Å²) in [5.41, 5.74) is 2.92. The van der Waals surface area contributed by atoms with Gasteiger partial charge in [0.05, 0.1) is 33.5 Å². The highest BCUT2D eigenvalue weighted by molar-refractivity contribution is 6.00. The zero-order valence-electron chi connectivity index (χ0n) is 20.6. The maximum absolute atomic E-state index is 13.5. The molecular weight excluding hydrogens is 450 g/mol. The molecule has 1 amide bonds. The molecule has 1 unspecified atom stereocenters. The maximum Gasteiger partial charge on any atom is 0.273 e. The number of fused-ring (bicyclic) bond motifs is 1. The average Bonchev–Trinajstić information content (AvgIpc) is 3.39. The molecule has 4 rings (SSSR count). The summed E-state index contributed by atoms with van der Waals surface area (Å²) >= 11 is 0. The van der Waals surface area contributed by atoms with E-state index in [9.17, 15) is 9.90 Å². The Morgan fingerprint density at radius 1 is 1.09 bits per heavy atom. The van der Waals surface area contributed by atoms with E-state index in [1.165, 1.54) is 0 Å². The number of ether oxygens (including phenoxy) is 4. The van der Waals surface area contributed by atoms with Crippen molar-refractivity contribution in [2.45, 2.75) is 32.4 Å². The summed E-state index contributed by atoms with van der Waals surface area (Å²) in [4.78, 5) is 15.3. The smallest absolute Gasteiger partial charge is 0.273 e. The normalized spacial score (nSPS) is 15.0. The molecule has 0 fully saturated rings. The number of phenolic OH excluding ortho intramolecular Hbond substituents is 1. The second-order valence-electron chi connectivity index (χ2n) is 8.51. The standard InChI is InChI=1S/C26H31N3O6/c1-15(2)35-12-8-11-29-24(16-13-19(32-3)25(34-5)20(14-16)33-4)21-22(27-28-23(21)26(29)31)17-9-6-7-10-18(17)30/h6-7,9-10,13-15,24,30H,8,11-12H2,1-5H3,(H,27,28). The third-order valence-corrected chi connectivity index (χ3v) is 6.02. The molecule has 0 spiro atoms. The number of aromatic hydroxyl groups is 1. The first kappa shape index (κ1) is 24.4. The van der Waals surface area contributed by atoms with Gasteiger partial charge in [0, 0.05) is 24.3 Å². The molecule has 2 N–H and O–H groups in total. The van der Waals surface area contributed by atoms with E-state index in [-0.39, 0.29) is 17.8 Å². The van der Waals surface area contributed by atoms with Gasteiger partial charge in [-0.3, -0.25) is 9.89 Å². The molecule has 1 atom stereocenters. The van der Waals surface area contributed by atoms with Crippen molar-refractivity contribution in [3.05, 3.63) is 53.2 Å². The maximum atomic E-state index is 13.5. The van der Waals surface area contributed by atoms with E-state index < -0.39 is 6.04 Å². The van der Waals surface area contributed by atoms with Crippen molar-refractivity contribution in [3.8, 4) is 34.3 Å². The lowest BCUT2D eigenvalue weighted by Crippen LogP contribution is -2.31. The van der Waals surface area contributed by atoms with Gasteiger partial charge in [-0.05, 0) is 50.1 Å². The highest BCUT2D eigenvalue weighted by Crippen LogP contribution is 2.48. The van der Waals surface area contributed by atoms with Gasteiger partial charge in [-0.15, -0.1) is 0 Å². The molecular formula is C26H31N3O6. The Labute approximate surface area is 204 Å². The molecule has 186 valence electrons. The minimum absolute atomic E-state index is 0.0849. The van der Waals surface area contributed by atoms with Crippen LogP contribution in [0.25, 0.3) is 11.3 Å². The van der Waals surface area contributed by atoms with Crippen LogP contribution in [-0.2, 0) is 4.74 Å². The summed E-state index contributed by atoms with van der Waals surface area (Å²) in [6.07, 6.45) is 0.772. The van der Waals surface area contributed by atoms with E-state index in [4.69, 9.17) is 18.9 Å². The number of aromatic amines is 1. The van der Waals surface area contributed by atoms with Crippen LogP contribution in [0.2, 0.25) is 0 Å². The first-order valence-electron chi connectivity index (χ1n) is 11.5. The zero-order valence-corrected chi connectivity index (χ0v) is 20.6. The van der Waals surface area contributed by atoms with E-state index in [0.29, 0.717) is 59.3 Å². The fourth-order valence-electron chi connectivity index (χ4n) is 4.47. The number of benzene rings is 2. The van der Waals surface area contributed by atoms with Crippen LogP contribution in [0, 0.1) is 0 Å². The Bertz CT molecular complexity index is 1180. The molecule has 0 radical (unpaired) electrons. The van der Waals surface area contributed by atoms with E-state index in [2.05, 4.69) is 10.2 Å². The molecule has 0 bridgehead atoms. The molecule has 35 heavy (non-hydrogen) atoms. The number of aromatic nitrogens is 2. The van der Waals surface area contributed by atoms with Crippen LogP contribution in [0.1, 0.15) is 47.9 Å². The molecule has 9 nitrogen and oxygen atoms in total. The molecule has 0 saturated carbocycles. The minimum Gasteiger partial charge on any atom is -0.507 e. The number of carbonyl (C=O) groups is 1. The molecule has 1 aliphatic heterocycles. The summed E-state index contributed by atoms with van der Waals surface area (Å²) in [5.74, 6) is 1.35. The molecule has 2 heterocycles. The number of rotatable bonds is 10. The number of nitrogens with zero attached hydrogens (tertiary/aromatic N) is 2. The van der Waals surface area contributed by atoms with E-state index >= 15 is 0 Å². The monoisotopic (exact) mass is 481 g/mol. The first-order valence-corrected chi connectivity index (χ1v) is 11.5. The van der Waals surface area contributed by atoms with Crippen LogP contribution in [0.15, 0.2) is 36.4 Å². The van der Waals surface area contributed by atoms with Crippen LogP contribution in [0.4, 0.5) is 0 Å². The van der Waals surface area contributed by atoms with Crippen molar-refractivity contribution >= 4 is 5.91 Å². The van der Waals surface area contributed by atoms with Crippen LogP contribution in [-0.4, -0.2) is 66.7 Å². The van der Waals surface area contributed by atoms with Gasteiger partial charge < -0.3 is 29.0 Å². The van der Waals surface area contributed by atoms with E-state index in [1.807, 2.05) is 32.0 Å². The largest absolute Gasteiger partial charge is 0.507 e. The van der Waals surface area contributed by atoms with Gasteiger partial charge in [0.15, 0.2) is 11.5 Å². The van der Waals surface area contributed by atoms with Gasteiger partial charge >= 0.3 is 0 Å². The number of hydrogen-bond acceptors (Lipinski definition) is 7. The Morgan fingerprint density at radius 3 is 2.37 bits per heavy atom. The number of carbonyl (C=O) groups excluding carboxylic acids is 1. The molecule has 2 aromatic carbocycles. The Morgan fingerprint density at radius 2 is 1.77 bits per heavy atom. The van der Waals surface area contributed by atoms with Gasteiger partial charge in [0.2, 0.25) is 5.75 Å². The lowest BCUT2D eigenvalue weighted by atomic mass is 9.95. The van der Waals surface area contributed by atoms with Crippen LogP contribution < -0.4 is 14.2 Å². The average molecular weight is 482 g/mol. The van der Waals surface area contributed by atoms with Crippen molar-refractivity contribution in [1.82, 2.24) is 15.1 Å². The Kier molecular flexibility index (Phi) is 7.16. The molecule has 0 saturated heterocycles. The zero-order chi connectivity index (χ0) is 25.1. The van der Waals surface area contributed by atoms with Crippen molar-refractivity contribution < 1.29 is 28.8 Å². The Balaban J connectivity index is 1.84. The first-order chi connectivity index (χ1) is 16.9. The predicted octanol–water partition coefficient (Wildman–Crippen LogP) is 4.17. The molecule has 1 aromatic heterocycles. The Hall–Kier alpha value is -3.72. The summed E-state index contributed by atoms with van der Waals surface area (Å²) < 4.78 is 22.3. The fourth-order valence-corrected chi connectivity index (χ4v) is 4.47. The highest BCUT2D eigenvalue weighted by Gasteiger charge is 2.43. The molecule has 0 aliphatic carbocycles. The van der Waals surface area contributed by atoms with Crippen molar-refractivity contribution in [1.29, 1.82) is 0 Å². The highest BCUT2D eigenvalue weighted by atomic mass is 16.5.